The van der Waals surface area contributed by atoms with Gasteiger partial charge in [0.05, 0.1) is 69.9 Å². The molecule has 0 atom stereocenters. The summed E-state index contributed by atoms with van der Waals surface area (Å²) >= 11 is 0. The van der Waals surface area contributed by atoms with Crippen molar-refractivity contribution in [2.75, 3.05) is 65.9 Å². The Bertz CT molecular complexity index is 694. The van der Waals surface area contributed by atoms with Gasteiger partial charge >= 0.3 is 7.40 Å². The Kier molecular flexibility index (Phi) is 8.88. The standard InChI is InChI=1S/C19H26BF2N3O4/c21-20(22)25-6-2-4-18(25)19(17-3-1-5-23-17)24-7-9-26-11-13-28-15-16-29-14-12-27-10-8-24/h1-6H,7-16H2/b19-17+. The van der Waals surface area contributed by atoms with Gasteiger partial charge in [0.15, 0.2) is 0 Å². The van der Waals surface area contributed by atoms with Crippen molar-refractivity contribution < 1.29 is 27.6 Å². The SMILES string of the molecule is FB(F)n1cccc1/C(=C1/C=CC=N1)N1CCOCCOCCOCCOCC1. The van der Waals surface area contributed by atoms with Crippen LogP contribution in [0.2, 0.25) is 0 Å². The third-order valence-corrected chi connectivity index (χ3v) is 4.47. The number of allylic oxidation sites excluding steroid dienone is 2. The molecule has 2 aliphatic heterocycles. The number of rotatable bonds is 3. The maximum absolute atomic E-state index is 13.5. The van der Waals surface area contributed by atoms with Crippen molar-refractivity contribution in [3.05, 3.63) is 41.9 Å². The van der Waals surface area contributed by atoms with Gasteiger partial charge in [-0.05, 0) is 30.5 Å². The van der Waals surface area contributed by atoms with Gasteiger partial charge in [0.25, 0.3) is 0 Å². The molecule has 29 heavy (non-hydrogen) atoms. The molecule has 0 aromatic carbocycles. The van der Waals surface area contributed by atoms with Gasteiger partial charge in [-0.15, -0.1) is 0 Å². The zero-order chi connectivity index (χ0) is 20.3. The molecule has 0 bridgehead atoms. The second-order valence-electron chi connectivity index (χ2n) is 6.39. The minimum absolute atomic E-state index is 0.406. The molecule has 10 heteroatoms. The van der Waals surface area contributed by atoms with E-state index in [0.29, 0.717) is 83.0 Å². The predicted octanol–water partition coefficient (Wildman–Crippen LogP) is 1.95. The van der Waals surface area contributed by atoms with Crippen molar-refractivity contribution in [2.45, 2.75) is 0 Å². The number of aliphatic imine (C=N–C) groups is 1. The maximum Gasteiger partial charge on any atom is 0.677 e. The topological polar surface area (TPSA) is 57.5 Å². The van der Waals surface area contributed by atoms with Crippen LogP contribution in [0.4, 0.5) is 8.63 Å². The fourth-order valence-electron chi connectivity index (χ4n) is 3.11. The number of nitrogens with zero attached hydrogens (tertiary/aromatic N) is 3. The lowest BCUT2D eigenvalue weighted by molar-refractivity contribution is 0.00206. The van der Waals surface area contributed by atoms with E-state index in [-0.39, 0.29) is 0 Å². The first-order valence-corrected chi connectivity index (χ1v) is 9.73. The van der Waals surface area contributed by atoms with Gasteiger partial charge in [0.2, 0.25) is 0 Å². The third-order valence-electron chi connectivity index (χ3n) is 4.47. The highest BCUT2D eigenvalue weighted by atomic mass is 19.2. The largest absolute Gasteiger partial charge is 0.677 e. The summed E-state index contributed by atoms with van der Waals surface area (Å²) in [6.07, 6.45) is 6.63. The van der Waals surface area contributed by atoms with Gasteiger partial charge < -0.3 is 28.3 Å². The number of aromatic nitrogens is 1. The lowest BCUT2D eigenvalue weighted by Gasteiger charge is -2.29. The normalized spacial score (nSPS) is 21.7. The summed E-state index contributed by atoms with van der Waals surface area (Å²) in [5.74, 6) is 0. The first-order chi connectivity index (χ1) is 14.3. The second kappa shape index (κ2) is 11.9. The Balaban J connectivity index is 1.81. The smallest absolute Gasteiger partial charge is 0.377 e. The van der Waals surface area contributed by atoms with E-state index in [1.807, 2.05) is 11.0 Å². The molecule has 3 rings (SSSR count). The minimum atomic E-state index is -2.64. The minimum Gasteiger partial charge on any atom is -0.377 e. The van der Waals surface area contributed by atoms with Crippen molar-refractivity contribution in [1.29, 1.82) is 0 Å². The molecule has 1 fully saturated rings. The highest BCUT2D eigenvalue weighted by Crippen LogP contribution is 2.27. The first kappa shape index (κ1) is 21.7. The molecule has 7 nitrogen and oxygen atoms in total. The molecule has 0 N–H and O–H groups in total. The molecule has 0 spiro atoms. The van der Waals surface area contributed by atoms with Crippen molar-refractivity contribution in [3.63, 3.8) is 0 Å². The van der Waals surface area contributed by atoms with E-state index in [1.54, 1.807) is 24.4 Å². The molecule has 1 aromatic heterocycles. The molecule has 0 unspecified atom stereocenters. The Morgan fingerprint density at radius 1 is 0.897 bits per heavy atom. The van der Waals surface area contributed by atoms with Gasteiger partial charge in [0, 0.05) is 19.3 Å². The molecule has 1 saturated heterocycles. The van der Waals surface area contributed by atoms with Gasteiger partial charge in [-0.2, -0.15) is 0 Å². The van der Waals surface area contributed by atoms with Gasteiger partial charge in [0.1, 0.15) is 0 Å². The highest BCUT2D eigenvalue weighted by Gasteiger charge is 2.26. The van der Waals surface area contributed by atoms with E-state index >= 15 is 0 Å². The second-order valence-corrected chi connectivity index (χ2v) is 6.39. The zero-order valence-corrected chi connectivity index (χ0v) is 16.3. The zero-order valence-electron chi connectivity index (χ0n) is 16.3. The summed E-state index contributed by atoms with van der Waals surface area (Å²) < 4.78 is 50.3. The van der Waals surface area contributed by atoms with Crippen molar-refractivity contribution in [2.24, 2.45) is 4.99 Å². The van der Waals surface area contributed by atoms with Crippen LogP contribution in [0.5, 0.6) is 0 Å². The van der Waals surface area contributed by atoms with Crippen LogP contribution < -0.4 is 0 Å². The van der Waals surface area contributed by atoms with Crippen LogP contribution in [0.15, 0.2) is 41.2 Å². The van der Waals surface area contributed by atoms with Gasteiger partial charge in [-0.1, -0.05) is 0 Å². The molecule has 0 amide bonds. The van der Waals surface area contributed by atoms with Crippen LogP contribution in [-0.2, 0) is 18.9 Å². The molecule has 0 aliphatic carbocycles. The first-order valence-electron chi connectivity index (χ1n) is 9.73. The summed E-state index contributed by atoms with van der Waals surface area (Å²) in [6.45, 7) is 4.79. The predicted molar refractivity (Wildman–Crippen MR) is 107 cm³/mol. The monoisotopic (exact) mass is 409 g/mol. The lowest BCUT2D eigenvalue weighted by Crippen LogP contribution is -2.32. The average Bonchev–Trinajstić information content (AvgIpc) is 3.39. The number of hydrogen-bond acceptors (Lipinski definition) is 6. The van der Waals surface area contributed by atoms with Crippen LogP contribution in [0.3, 0.4) is 0 Å². The van der Waals surface area contributed by atoms with Crippen LogP contribution in [0.25, 0.3) is 5.70 Å². The van der Waals surface area contributed by atoms with Crippen molar-refractivity contribution in [1.82, 2.24) is 9.38 Å². The van der Waals surface area contributed by atoms with Gasteiger partial charge in [-0.25, -0.2) is 0 Å². The van der Waals surface area contributed by atoms with E-state index in [9.17, 15) is 8.63 Å². The fraction of sp³-hybridized carbons (Fsp3) is 0.526. The molecular formula is C19H26BF2N3O4. The van der Waals surface area contributed by atoms with E-state index in [0.717, 1.165) is 4.48 Å². The summed E-state index contributed by atoms with van der Waals surface area (Å²) in [7, 11) is -2.64. The Morgan fingerprint density at radius 3 is 2.00 bits per heavy atom. The van der Waals surface area contributed by atoms with E-state index in [2.05, 4.69) is 4.99 Å². The summed E-state index contributed by atoms with van der Waals surface area (Å²) in [5, 5.41) is 0. The maximum atomic E-state index is 13.5. The summed E-state index contributed by atoms with van der Waals surface area (Å²) in [4.78, 5) is 6.34. The number of ether oxygens (including phenoxy) is 4. The van der Waals surface area contributed by atoms with E-state index in [4.69, 9.17) is 18.9 Å². The molecule has 0 radical (unpaired) electrons. The Hall–Kier alpha value is -2.01. The molecule has 0 saturated carbocycles. The number of halogens is 2. The van der Waals surface area contributed by atoms with Crippen LogP contribution >= 0.6 is 0 Å². The molecule has 3 heterocycles. The quantitative estimate of drug-likeness (QED) is 0.715. The van der Waals surface area contributed by atoms with Crippen LogP contribution in [0.1, 0.15) is 5.69 Å². The fourth-order valence-corrected chi connectivity index (χ4v) is 3.11. The molecule has 1 aromatic rings. The third kappa shape index (κ3) is 6.50. The van der Waals surface area contributed by atoms with E-state index in [1.165, 1.54) is 6.20 Å². The molecule has 158 valence electrons. The van der Waals surface area contributed by atoms with E-state index < -0.39 is 7.40 Å². The summed E-state index contributed by atoms with van der Waals surface area (Å²) in [5.41, 5.74) is 1.67. The Labute approximate surface area is 169 Å². The van der Waals surface area contributed by atoms with Crippen LogP contribution in [-0.4, -0.2) is 88.9 Å². The highest BCUT2D eigenvalue weighted by molar-refractivity contribution is 6.41. The number of hydrogen-bond donors (Lipinski definition) is 0. The Morgan fingerprint density at radius 2 is 1.48 bits per heavy atom. The van der Waals surface area contributed by atoms with Crippen molar-refractivity contribution in [3.8, 4) is 0 Å². The molecule has 2 aliphatic rings. The summed E-state index contributed by atoms with van der Waals surface area (Å²) in [6, 6.07) is 3.29. The molecular weight excluding hydrogens is 383 g/mol. The van der Waals surface area contributed by atoms with Gasteiger partial charge in [-0.3, -0.25) is 13.6 Å². The van der Waals surface area contributed by atoms with Crippen molar-refractivity contribution >= 4 is 19.3 Å². The van der Waals surface area contributed by atoms with Crippen LogP contribution in [0, 0.1) is 0 Å². The average molecular weight is 409 g/mol. The lowest BCUT2D eigenvalue weighted by atomic mass is 10.1.